The molecule has 2 N–H and O–H groups in total. The maximum absolute atomic E-state index is 13.0. The Morgan fingerprint density at radius 1 is 1.13 bits per heavy atom. The number of carbonyl (C=O) groups is 1. The standard InChI is InChI=1S/C29H33N7O3/c1-35-9-7-19(8-10-35)15-31-29(37)21-4-6-28-20(13-21)3-5-24-22-14-25(30-17-26(22)34-33-24)23-16-32-36(2)27(23)18-38-11-12-39-28/h3-6,13-14,16-17,19H,7-12,15,18H2,1-2H3,(H,31,37)(H,33,34)/b5-3+. The molecule has 0 radical (unpaired) electrons. The monoisotopic (exact) mass is 527 g/mol. The number of nitrogens with zero attached hydrogens (tertiary/aromatic N) is 5. The fourth-order valence-corrected chi connectivity index (χ4v) is 5.16. The van der Waals surface area contributed by atoms with Gasteiger partial charge in [0.1, 0.15) is 12.4 Å². The van der Waals surface area contributed by atoms with Crippen molar-refractivity contribution in [2.24, 2.45) is 13.0 Å². The molecule has 0 spiro atoms. The molecule has 2 aliphatic rings. The summed E-state index contributed by atoms with van der Waals surface area (Å²) in [6.07, 6.45) is 9.69. The largest absolute Gasteiger partial charge is 0.491 e. The summed E-state index contributed by atoms with van der Waals surface area (Å²) in [5.41, 5.74) is 5.68. The van der Waals surface area contributed by atoms with E-state index in [1.165, 1.54) is 0 Å². The number of fused-ring (bicyclic) bond motifs is 4. The van der Waals surface area contributed by atoms with E-state index in [1.54, 1.807) is 6.20 Å². The first kappa shape index (κ1) is 25.3. The third kappa shape index (κ3) is 5.43. The first-order chi connectivity index (χ1) is 19.0. The number of nitrogens with one attached hydrogen (secondary N) is 2. The molecule has 1 saturated heterocycles. The van der Waals surface area contributed by atoms with E-state index in [-0.39, 0.29) is 5.91 Å². The van der Waals surface area contributed by atoms with E-state index in [4.69, 9.17) is 9.47 Å². The number of carbonyl (C=O) groups excluding carboxylic acids is 1. The highest BCUT2D eigenvalue weighted by atomic mass is 16.5. The minimum absolute atomic E-state index is 0.0725. The Hall–Kier alpha value is -4.02. The van der Waals surface area contributed by atoms with Crippen LogP contribution in [0.2, 0.25) is 0 Å². The number of aryl methyl sites for hydroxylation is 1. The van der Waals surface area contributed by atoms with Crippen molar-refractivity contribution < 1.29 is 14.3 Å². The fourth-order valence-electron chi connectivity index (χ4n) is 5.16. The number of ether oxygens (including phenoxy) is 2. The van der Waals surface area contributed by atoms with Crippen molar-refractivity contribution in [1.82, 2.24) is 35.2 Å². The van der Waals surface area contributed by atoms with Crippen molar-refractivity contribution in [1.29, 1.82) is 0 Å². The van der Waals surface area contributed by atoms with Crippen molar-refractivity contribution in [2.45, 2.75) is 19.4 Å². The molecular formula is C29H33N7O3. The van der Waals surface area contributed by atoms with Crippen molar-refractivity contribution in [3.05, 3.63) is 59.2 Å². The zero-order valence-corrected chi connectivity index (χ0v) is 22.3. The number of piperidine rings is 1. The Morgan fingerprint density at radius 3 is 2.87 bits per heavy atom. The van der Waals surface area contributed by atoms with E-state index in [9.17, 15) is 4.79 Å². The van der Waals surface area contributed by atoms with Gasteiger partial charge >= 0.3 is 0 Å². The molecule has 6 rings (SSSR count). The number of aromatic amines is 1. The van der Waals surface area contributed by atoms with Gasteiger partial charge < -0.3 is 19.7 Å². The predicted octanol–water partition coefficient (Wildman–Crippen LogP) is 3.51. The van der Waals surface area contributed by atoms with Crippen molar-refractivity contribution in [3.8, 4) is 17.0 Å². The van der Waals surface area contributed by atoms with E-state index >= 15 is 0 Å². The van der Waals surface area contributed by atoms with E-state index in [2.05, 4.69) is 37.5 Å². The summed E-state index contributed by atoms with van der Waals surface area (Å²) in [6, 6.07) is 7.56. The van der Waals surface area contributed by atoms with Gasteiger partial charge in [-0.2, -0.15) is 10.2 Å². The Kier molecular flexibility index (Phi) is 7.12. The smallest absolute Gasteiger partial charge is 0.251 e. The van der Waals surface area contributed by atoms with Gasteiger partial charge in [0.2, 0.25) is 0 Å². The van der Waals surface area contributed by atoms with Gasteiger partial charge in [0, 0.05) is 35.7 Å². The molecule has 39 heavy (non-hydrogen) atoms. The van der Waals surface area contributed by atoms with Gasteiger partial charge in [-0.15, -0.1) is 0 Å². The number of pyridine rings is 1. The summed E-state index contributed by atoms with van der Waals surface area (Å²) in [7, 11) is 4.04. The Balaban J connectivity index is 1.29. The molecule has 10 nitrogen and oxygen atoms in total. The molecule has 10 heteroatoms. The second-order valence-corrected chi connectivity index (χ2v) is 10.3. The van der Waals surface area contributed by atoms with Crippen LogP contribution in [0.5, 0.6) is 5.75 Å². The van der Waals surface area contributed by atoms with Crippen molar-refractivity contribution in [3.63, 3.8) is 0 Å². The summed E-state index contributed by atoms with van der Waals surface area (Å²) >= 11 is 0. The van der Waals surface area contributed by atoms with Gasteiger partial charge in [-0.3, -0.25) is 19.6 Å². The van der Waals surface area contributed by atoms with Crippen LogP contribution in [-0.2, 0) is 18.4 Å². The quantitative estimate of drug-likeness (QED) is 0.420. The summed E-state index contributed by atoms with van der Waals surface area (Å²) in [5.74, 6) is 1.13. The van der Waals surface area contributed by atoms with Crippen molar-refractivity contribution in [2.75, 3.05) is 39.9 Å². The summed E-state index contributed by atoms with van der Waals surface area (Å²) in [6.45, 7) is 4.01. The highest BCUT2D eigenvalue weighted by molar-refractivity contribution is 5.96. The lowest BCUT2D eigenvalue weighted by molar-refractivity contribution is 0.0852. The van der Waals surface area contributed by atoms with Gasteiger partial charge in [-0.05, 0) is 75.3 Å². The predicted molar refractivity (Wildman–Crippen MR) is 149 cm³/mol. The normalized spacial score (nSPS) is 17.6. The highest BCUT2D eigenvalue weighted by Gasteiger charge is 2.19. The second-order valence-electron chi connectivity index (χ2n) is 10.3. The molecule has 3 aromatic heterocycles. The molecule has 4 aromatic rings. The van der Waals surface area contributed by atoms with Crippen LogP contribution in [0.3, 0.4) is 0 Å². The number of amides is 1. The van der Waals surface area contributed by atoms with Crippen LogP contribution in [0.25, 0.3) is 34.3 Å². The molecule has 2 aliphatic heterocycles. The number of rotatable bonds is 3. The molecule has 1 fully saturated rings. The Morgan fingerprint density at radius 2 is 2.00 bits per heavy atom. The lowest BCUT2D eigenvalue weighted by Crippen LogP contribution is -2.36. The van der Waals surface area contributed by atoms with Crippen LogP contribution in [0.4, 0.5) is 0 Å². The van der Waals surface area contributed by atoms with Gasteiger partial charge in [0.15, 0.2) is 0 Å². The molecule has 0 aliphatic carbocycles. The molecule has 5 heterocycles. The van der Waals surface area contributed by atoms with Gasteiger partial charge in [-0.1, -0.05) is 0 Å². The van der Waals surface area contributed by atoms with Gasteiger partial charge in [0.25, 0.3) is 5.91 Å². The fraction of sp³-hybridized carbons (Fsp3) is 0.379. The Labute approximate surface area is 227 Å². The van der Waals surface area contributed by atoms with Gasteiger partial charge in [-0.25, -0.2) is 0 Å². The first-order valence-corrected chi connectivity index (χ1v) is 13.4. The number of likely N-dealkylation sites (tertiary alicyclic amines) is 1. The zero-order valence-electron chi connectivity index (χ0n) is 22.3. The van der Waals surface area contributed by atoms with Gasteiger partial charge in [0.05, 0.1) is 48.2 Å². The maximum atomic E-state index is 13.0. The second kappa shape index (κ2) is 11.0. The number of hydrogen-bond acceptors (Lipinski definition) is 7. The van der Waals surface area contributed by atoms with E-state index in [0.717, 1.165) is 65.0 Å². The summed E-state index contributed by atoms with van der Waals surface area (Å²) in [4.78, 5) is 20.0. The lowest BCUT2D eigenvalue weighted by atomic mass is 9.97. The summed E-state index contributed by atoms with van der Waals surface area (Å²) < 4.78 is 13.8. The van der Waals surface area contributed by atoms with Crippen LogP contribution in [0.1, 0.15) is 40.2 Å². The van der Waals surface area contributed by atoms with Crippen molar-refractivity contribution >= 4 is 29.0 Å². The first-order valence-electron chi connectivity index (χ1n) is 13.4. The van der Waals surface area contributed by atoms with Crippen LogP contribution < -0.4 is 10.1 Å². The summed E-state index contributed by atoms with van der Waals surface area (Å²) in [5, 5.41) is 16.1. The van der Waals surface area contributed by atoms with Crippen LogP contribution in [-0.4, -0.2) is 75.7 Å². The number of aromatic nitrogens is 5. The van der Waals surface area contributed by atoms with Crippen LogP contribution >= 0.6 is 0 Å². The molecular weight excluding hydrogens is 494 g/mol. The topological polar surface area (TPSA) is 110 Å². The van der Waals surface area contributed by atoms with E-state index < -0.39 is 0 Å². The van der Waals surface area contributed by atoms with Crippen LogP contribution in [0.15, 0.2) is 36.7 Å². The van der Waals surface area contributed by atoms with Crippen LogP contribution in [0, 0.1) is 5.92 Å². The molecule has 202 valence electrons. The lowest BCUT2D eigenvalue weighted by Gasteiger charge is -2.28. The number of H-pyrrole nitrogens is 1. The third-order valence-electron chi connectivity index (χ3n) is 7.62. The molecule has 0 saturated carbocycles. The average molecular weight is 528 g/mol. The third-order valence-corrected chi connectivity index (χ3v) is 7.62. The number of benzene rings is 1. The minimum Gasteiger partial charge on any atom is -0.491 e. The molecule has 0 atom stereocenters. The molecule has 2 bridgehead atoms. The number of hydrogen-bond donors (Lipinski definition) is 2. The average Bonchev–Trinajstić information content (AvgIpc) is 3.53. The Bertz CT molecular complexity index is 1510. The minimum atomic E-state index is -0.0725. The molecule has 0 unspecified atom stereocenters. The zero-order chi connectivity index (χ0) is 26.8. The van der Waals surface area contributed by atoms with E-state index in [0.29, 0.717) is 43.6 Å². The molecule has 1 amide bonds. The molecule has 1 aromatic carbocycles. The van der Waals surface area contributed by atoms with E-state index in [1.807, 2.05) is 54.3 Å². The highest BCUT2D eigenvalue weighted by Crippen LogP contribution is 2.29. The SMILES string of the molecule is CN1CCC(CNC(=O)c2ccc3c(c2)/C=C/c2n[nH]c4cnc(cc24)-c2cnn(C)c2COCCO3)CC1. The maximum Gasteiger partial charge on any atom is 0.251 e.